The molecule has 3 amide bonds. The number of urea groups is 1. The lowest BCUT2D eigenvalue weighted by molar-refractivity contribution is -0.131. The second-order valence-electron chi connectivity index (χ2n) is 5.08. The molecule has 0 aliphatic carbocycles. The van der Waals surface area contributed by atoms with E-state index in [9.17, 15) is 9.59 Å². The van der Waals surface area contributed by atoms with E-state index in [4.69, 9.17) is 5.73 Å². The number of carbonyl (C=O) groups is 2. The largest absolute Gasteiger partial charge is 0.352 e. The van der Waals surface area contributed by atoms with Crippen molar-refractivity contribution < 1.29 is 9.59 Å². The Morgan fingerprint density at radius 2 is 2.00 bits per heavy atom. The third kappa shape index (κ3) is 4.23. The molecule has 2 heterocycles. The van der Waals surface area contributed by atoms with E-state index in [1.165, 1.54) is 24.2 Å². The van der Waals surface area contributed by atoms with Crippen molar-refractivity contribution in [1.29, 1.82) is 0 Å². The Hall–Kier alpha value is -1.56. The summed E-state index contributed by atoms with van der Waals surface area (Å²) in [5.74, 6) is 0.0963. The molecule has 1 aromatic rings. The molecule has 3 N–H and O–H groups in total. The van der Waals surface area contributed by atoms with Gasteiger partial charge in [0.05, 0.1) is 12.5 Å². The highest BCUT2D eigenvalue weighted by Gasteiger charge is 2.22. The molecule has 5 nitrogen and oxygen atoms in total. The van der Waals surface area contributed by atoms with Crippen molar-refractivity contribution in [3.63, 3.8) is 0 Å². The molecule has 0 bridgehead atoms. The van der Waals surface area contributed by atoms with Crippen molar-refractivity contribution >= 4 is 23.3 Å². The van der Waals surface area contributed by atoms with Crippen LogP contribution in [0, 0.1) is 0 Å². The number of amides is 3. The van der Waals surface area contributed by atoms with Gasteiger partial charge in [-0.25, -0.2) is 4.79 Å². The van der Waals surface area contributed by atoms with Gasteiger partial charge in [0.2, 0.25) is 5.91 Å². The lowest BCUT2D eigenvalue weighted by Crippen LogP contribution is -2.38. The predicted molar refractivity (Wildman–Crippen MR) is 79.4 cm³/mol. The minimum absolute atomic E-state index is 0.0963. The number of nitrogens with two attached hydrogens (primary N) is 1. The highest BCUT2D eigenvalue weighted by Crippen LogP contribution is 2.23. The van der Waals surface area contributed by atoms with E-state index >= 15 is 0 Å². The number of thiophene rings is 1. The van der Waals surface area contributed by atoms with Gasteiger partial charge in [-0.3, -0.25) is 4.79 Å². The molecule has 6 heteroatoms. The number of hydrogen-bond donors (Lipinski definition) is 2. The van der Waals surface area contributed by atoms with Crippen LogP contribution in [0.3, 0.4) is 0 Å². The Morgan fingerprint density at radius 1 is 1.30 bits per heavy atom. The molecule has 1 saturated heterocycles. The average Bonchev–Trinajstić information content (AvgIpc) is 2.79. The van der Waals surface area contributed by atoms with E-state index < -0.39 is 6.03 Å². The van der Waals surface area contributed by atoms with Gasteiger partial charge in [0.1, 0.15) is 0 Å². The van der Waals surface area contributed by atoms with Gasteiger partial charge in [0.25, 0.3) is 0 Å². The van der Waals surface area contributed by atoms with Gasteiger partial charge in [-0.15, -0.1) is 11.3 Å². The standard InChI is InChI=1S/C14H21N3O2S/c15-14(19)16-11(12-6-5-9-20-12)10-13(18)17-7-3-1-2-4-8-17/h5-6,9,11H,1-4,7-8,10H2,(H3,15,16,19)/t11-/m0/s1. The molecule has 110 valence electrons. The highest BCUT2D eigenvalue weighted by molar-refractivity contribution is 7.10. The number of hydrogen-bond acceptors (Lipinski definition) is 3. The van der Waals surface area contributed by atoms with Crippen LogP contribution in [-0.2, 0) is 4.79 Å². The normalized spacial score (nSPS) is 17.3. The molecule has 1 aromatic heterocycles. The Balaban J connectivity index is 1.99. The van der Waals surface area contributed by atoms with Gasteiger partial charge in [-0.2, -0.15) is 0 Å². The van der Waals surface area contributed by atoms with Gasteiger partial charge in [-0.05, 0) is 24.3 Å². The summed E-state index contributed by atoms with van der Waals surface area (Å²) >= 11 is 1.52. The maximum absolute atomic E-state index is 12.4. The van der Waals surface area contributed by atoms with Gasteiger partial charge >= 0.3 is 6.03 Å². The van der Waals surface area contributed by atoms with E-state index in [1.54, 1.807) is 0 Å². The van der Waals surface area contributed by atoms with Gasteiger partial charge in [0.15, 0.2) is 0 Å². The minimum atomic E-state index is -0.591. The number of rotatable bonds is 4. The van der Waals surface area contributed by atoms with E-state index in [1.807, 2.05) is 22.4 Å². The zero-order chi connectivity index (χ0) is 14.4. The van der Waals surface area contributed by atoms with Gasteiger partial charge < -0.3 is 16.0 Å². The van der Waals surface area contributed by atoms with Crippen LogP contribution in [-0.4, -0.2) is 29.9 Å². The lowest BCUT2D eigenvalue weighted by Gasteiger charge is -2.23. The third-order valence-corrected chi connectivity index (χ3v) is 4.53. The fraction of sp³-hybridized carbons (Fsp3) is 0.571. The van der Waals surface area contributed by atoms with Crippen molar-refractivity contribution in [2.24, 2.45) is 5.73 Å². The Bertz CT molecular complexity index is 439. The van der Waals surface area contributed by atoms with E-state index in [0.717, 1.165) is 30.8 Å². The van der Waals surface area contributed by atoms with Crippen LogP contribution in [0.4, 0.5) is 4.79 Å². The first-order valence-corrected chi connectivity index (χ1v) is 7.92. The maximum Gasteiger partial charge on any atom is 0.312 e. The molecule has 2 rings (SSSR count). The first-order chi connectivity index (χ1) is 9.66. The molecule has 20 heavy (non-hydrogen) atoms. The van der Waals surface area contributed by atoms with Crippen LogP contribution < -0.4 is 11.1 Å². The van der Waals surface area contributed by atoms with E-state index in [2.05, 4.69) is 5.32 Å². The molecular weight excluding hydrogens is 274 g/mol. The first-order valence-electron chi connectivity index (χ1n) is 7.04. The maximum atomic E-state index is 12.4. The van der Waals surface area contributed by atoms with Crippen LogP contribution >= 0.6 is 11.3 Å². The Morgan fingerprint density at radius 3 is 2.55 bits per heavy atom. The summed E-state index contributed by atoms with van der Waals surface area (Å²) in [6.45, 7) is 1.65. The summed E-state index contributed by atoms with van der Waals surface area (Å²) in [7, 11) is 0. The molecule has 0 unspecified atom stereocenters. The number of primary amides is 1. The molecule has 0 radical (unpaired) electrons. The fourth-order valence-corrected chi connectivity index (χ4v) is 3.29. The number of carbonyl (C=O) groups excluding carboxylic acids is 2. The molecule has 1 aliphatic rings. The lowest BCUT2D eigenvalue weighted by atomic mass is 10.1. The molecule has 0 aromatic carbocycles. The second-order valence-corrected chi connectivity index (χ2v) is 6.05. The molecule has 1 atom stereocenters. The summed E-state index contributed by atoms with van der Waals surface area (Å²) < 4.78 is 0. The average molecular weight is 295 g/mol. The summed E-state index contributed by atoms with van der Waals surface area (Å²) in [5, 5.41) is 4.60. The van der Waals surface area contributed by atoms with E-state index in [0.29, 0.717) is 0 Å². The van der Waals surface area contributed by atoms with Crippen molar-refractivity contribution in [1.82, 2.24) is 10.2 Å². The predicted octanol–water partition coefficient (Wildman–Crippen LogP) is 2.25. The smallest absolute Gasteiger partial charge is 0.312 e. The van der Waals surface area contributed by atoms with Crippen molar-refractivity contribution in [3.8, 4) is 0 Å². The van der Waals surface area contributed by atoms with Crippen LogP contribution in [0.25, 0.3) is 0 Å². The van der Waals surface area contributed by atoms with Crippen LogP contribution in [0.15, 0.2) is 17.5 Å². The summed E-state index contributed by atoms with van der Waals surface area (Å²) in [5.41, 5.74) is 5.21. The summed E-state index contributed by atoms with van der Waals surface area (Å²) in [6, 6.07) is 2.92. The number of nitrogens with one attached hydrogen (secondary N) is 1. The SMILES string of the molecule is NC(=O)N[C@@H](CC(=O)N1CCCCCC1)c1cccs1. The highest BCUT2D eigenvalue weighted by atomic mass is 32.1. The van der Waals surface area contributed by atoms with Crippen molar-refractivity contribution in [3.05, 3.63) is 22.4 Å². The van der Waals surface area contributed by atoms with Crippen molar-refractivity contribution in [2.45, 2.75) is 38.1 Å². The summed E-state index contributed by atoms with van der Waals surface area (Å²) in [6.07, 6.45) is 4.80. The zero-order valence-corrected chi connectivity index (χ0v) is 12.3. The minimum Gasteiger partial charge on any atom is -0.352 e. The van der Waals surface area contributed by atoms with Crippen LogP contribution in [0.5, 0.6) is 0 Å². The van der Waals surface area contributed by atoms with Crippen LogP contribution in [0.2, 0.25) is 0 Å². The quantitative estimate of drug-likeness (QED) is 0.894. The molecular formula is C14H21N3O2S. The second kappa shape index (κ2) is 7.28. The number of nitrogens with zero attached hydrogens (tertiary/aromatic N) is 1. The monoisotopic (exact) mass is 295 g/mol. The first kappa shape index (κ1) is 14.8. The van der Waals surface area contributed by atoms with Crippen molar-refractivity contribution in [2.75, 3.05) is 13.1 Å². The number of likely N-dealkylation sites (tertiary alicyclic amines) is 1. The van der Waals surface area contributed by atoms with E-state index in [-0.39, 0.29) is 18.4 Å². The molecule has 0 spiro atoms. The zero-order valence-electron chi connectivity index (χ0n) is 11.5. The van der Waals surface area contributed by atoms with Gasteiger partial charge in [0, 0.05) is 18.0 Å². The molecule has 1 aliphatic heterocycles. The molecule has 0 saturated carbocycles. The van der Waals surface area contributed by atoms with Crippen LogP contribution in [0.1, 0.15) is 43.0 Å². The summed E-state index contributed by atoms with van der Waals surface area (Å²) in [4.78, 5) is 26.4. The van der Waals surface area contributed by atoms with Gasteiger partial charge in [-0.1, -0.05) is 18.9 Å². The topological polar surface area (TPSA) is 75.4 Å². The molecule has 1 fully saturated rings. The Kier molecular flexibility index (Phi) is 5.40. The fourth-order valence-electron chi connectivity index (χ4n) is 2.51. The third-order valence-electron chi connectivity index (χ3n) is 3.54. The Labute approximate surface area is 123 Å².